The van der Waals surface area contributed by atoms with Crippen LogP contribution in [0.5, 0.6) is 0 Å². The van der Waals surface area contributed by atoms with E-state index in [4.69, 9.17) is 4.74 Å². The predicted octanol–water partition coefficient (Wildman–Crippen LogP) is 4.29. The molecule has 1 aromatic heterocycles. The second-order valence-electron chi connectivity index (χ2n) is 5.02. The summed E-state index contributed by atoms with van der Waals surface area (Å²) >= 11 is 0. The molecule has 3 nitrogen and oxygen atoms in total. The molecule has 0 saturated carbocycles. The van der Waals surface area contributed by atoms with Gasteiger partial charge in [-0.25, -0.2) is 9.18 Å². The number of halogens is 1. The predicted molar refractivity (Wildman–Crippen MR) is 82.0 cm³/mol. The van der Waals surface area contributed by atoms with Gasteiger partial charge in [0.15, 0.2) is 0 Å². The Morgan fingerprint density at radius 3 is 2.64 bits per heavy atom. The van der Waals surface area contributed by atoms with Crippen molar-refractivity contribution in [1.82, 2.24) is 4.98 Å². The van der Waals surface area contributed by atoms with E-state index in [0.29, 0.717) is 5.56 Å². The molecule has 0 spiro atoms. The number of carbonyl (C=O) groups excluding carboxylic acids is 1. The number of esters is 1. The van der Waals surface area contributed by atoms with E-state index in [-0.39, 0.29) is 5.82 Å². The maximum Gasteiger partial charge on any atom is 0.338 e. The van der Waals surface area contributed by atoms with E-state index in [2.05, 4.69) is 4.98 Å². The van der Waals surface area contributed by atoms with E-state index < -0.39 is 12.1 Å². The van der Waals surface area contributed by atoms with Crippen LogP contribution < -0.4 is 0 Å². The molecule has 3 rings (SSSR count). The highest BCUT2D eigenvalue weighted by Crippen LogP contribution is 2.21. The number of hydrogen-bond acceptors (Lipinski definition) is 3. The third-order valence-corrected chi connectivity index (χ3v) is 3.44. The fourth-order valence-corrected chi connectivity index (χ4v) is 2.19. The Morgan fingerprint density at radius 2 is 1.86 bits per heavy atom. The van der Waals surface area contributed by atoms with E-state index in [0.717, 1.165) is 16.5 Å². The minimum absolute atomic E-state index is 0.321. The minimum Gasteiger partial charge on any atom is -0.454 e. The van der Waals surface area contributed by atoms with Crippen molar-refractivity contribution in [3.8, 4) is 0 Å². The molecule has 0 bridgehead atoms. The lowest BCUT2D eigenvalue weighted by atomic mass is 10.1. The summed E-state index contributed by atoms with van der Waals surface area (Å²) in [7, 11) is 0. The number of fused-ring (bicyclic) bond motifs is 1. The molecule has 1 heterocycles. The lowest BCUT2D eigenvalue weighted by molar-refractivity contribution is 0.0337. The summed E-state index contributed by atoms with van der Waals surface area (Å²) < 4.78 is 18.3. The van der Waals surface area contributed by atoms with Crippen LogP contribution >= 0.6 is 0 Å². The first kappa shape index (κ1) is 14.2. The summed E-state index contributed by atoms with van der Waals surface area (Å²) in [6.45, 7) is 1.78. The number of benzene rings is 2. The van der Waals surface area contributed by atoms with Crippen LogP contribution in [-0.2, 0) is 4.74 Å². The Bertz CT molecular complexity index is 815. The Kier molecular flexibility index (Phi) is 3.83. The van der Waals surface area contributed by atoms with Crippen LogP contribution in [0.4, 0.5) is 4.39 Å². The lowest BCUT2D eigenvalue weighted by Gasteiger charge is -2.14. The van der Waals surface area contributed by atoms with Gasteiger partial charge in [0.05, 0.1) is 11.1 Å². The summed E-state index contributed by atoms with van der Waals surface area (Å²) in [6.07, 6.45) is 1.26. The van der Waals surface area contributed by atoms with Gasteiger partial charge in [0.1, 0.15) is 11.9 Å². The zero-order valence-corrected chi connectivity index (χ0v) is 12.0. The van der Waals surface area contributed by atoms with Gasteiger partial charge in [-0.15, -0.1) is 0 Å². The number of carbonyl (C=O) groups is 1. The molecule has 0 saturated heterocycles. The molecule has 0 radical (unpaired) electrons. The van der Waals surface area contributed by atoms with Crippen molar-refractivity contribution in [1.29, 1.82) is 0 Å². The molecule has 1 atom stereocenters. The summed E-state index contributed by atoms with van der Waals surface area (Å²) in [5, 5.41) is 0.990. The fraction of sp³-hybridized carbons (Fsp3) is 0.111. The largest absolute Gasteiger partial charge is 0.454 e. The molecule has 2 aromatic carbocycles. The van der Waals surface area contributed by atoms with Gasteiger partial charge >= 0.3 is 5.97 Å². The number of ether oxygens (including phenoxy) is 1. The standard InChI is InChI=1S/C18H14FNO2/c1-12(22-18(21)13-6-8-16(19)9-7-13)15-10-14-4-2-3-5-17(14)20-11-15/h2-12H,1H3. The molecule has 0 aliphatic heterocycles. The molecular formula is C18H14FNO2. The van der Waals surface area contributed by atoms with Crippen molar-refractivity contribution >= 4 is 16.9 Å². The topological polar surface area (TPSA) is 39.2 Å². The van der Waals surface area contributed by atoms with Crippen LogP contribution in [-0.4, -0.2) is 11.0 Å². The van der Waals surface area contributed by atoms with Gasteiger partial charge in [0.25, 0.3) is 0 Å². The molecule has 3 aromatic rings. The van der Waals surface area contributed by atoms with E-state index >= 15 is 0 Å². The van der Waals surface area contributed by atoms with Gasteiger partial charge < -0.3 is 4.74 Å². The molecular weight excluding hydrogens is 281 g/mol. The van der Waals surface area contributed by atoms with Crippen molar-refractivity contribution < 1.29 is 13.9 Å². The summed E-state index contributed by atoms with van der Waals surface area (Å²) in [6, 6.07) is 15.0. The molecule has 1 unspecified atom stereocenters. The Balaban J connectivity index is 1.79. The van der Waals surface area contributed by atoms with E-state index in [1.54, 1.807) is 13.1 Å². The molecule has 0 aliphatic rings. The third kappa shape index (κ3) is 2.96. The van der Waals surface area contributed by atoms with Crippen LogP contribution in [0.1, 0.15) is 28.9 Å². The first-order valence-electron chi connectivity index (χ1n) is 6.95. The first-order valence-corrected chi connectivity index (χ1v) is 6.95. The van der Waals surface area contributed by atoms with Crippen molar-refractivity contribution in [3.63, 3.8) is 0 Å². The van der Waals surface area contributed by atoms with Crippen LogP contribution in [0, 0.1) is 5.82 Å². The Morgan fingerprint density at radius 1 is 1.14 bits per heavy atom. The second kappa shape index (κ2) is 5.93. The monoisotopic (exact) mass is 295 g/mol. The number of aromatic nitrogens is 1. The minimum atomic E-state index is -0.486. The number of rotatable bonds is 3. The highest BCUT2D eigenvalue weighted by Gasteiger charge is 2.14. The van der Waals surface area contributed by atoms with Gasteiger partial charge in [-0.05, 0) is 43.3 Å². The molecule has 0 fully saturated rings. The maximum atomic E-state index is 12.9. The van der Waals surface area contributed by atoms with Crippen LogP contribution in [0.3, 0.4) is 0 Å². The first-order chi connectivity index (χ1) is 10.6. The fourth-order valence-electron chi connectivity index (χ4n) is 2.19. The average Bonchev–Trinajstić information content (AvgIpc) is 2.55. The van der Waals surface area contributed by atoms with Gasteiger partial charge in [-0.2, -0.15) is 0 Å². The third-order valence-electron chi connectivity index (χ3n) is 3.44. The molecule has 0 amide bonds. The normalized spacial score (nSPS) is 12.1. The SMILES string of the molecule is CC(OC(=O)c1ccc(F)cc1)c1cnc2ccccc2c1. The smallest absolute Gasteiger partial charge is 0.338 e. The number of para-hydroxylation sites is 1. The highest BCUT2D eigenvalue weighted by atomic mass is 19.1. The zero-order valence-electron chi connectivity index (χ0n) is 12.0. The van der Waals surface area contributed by atoms with Gasteiger partial charge in [0, 0.05) is 17.1 Å². The molecule has 4 heteroatoms. The van der Waals surface area contributed by atoms with Crippen LogP contribution in [0.25, 0.3) is 10.9 Å². The lowest BCUT2D eigenvalue weighted by Crippen LogP contribution is -2.09. The van der Waals surface area contributed by atoms with Gasteiger partial charge in [-0.1, -0.05) is 18.2 Å². The van der Waals surface area contributed by atoms with Crippen molar-refractivity contribution in [2.75, 3.05) is 0 Å². The summed E-state index contributed by atoms with van der Waals surface area (Å²) in [5.41, 5.74) is 2.03. The Labute approximate surface area is 127 Å². The van der Waals surface area contributed by atoms with Gasteiger partial charge in [-0.3, -0.25) is 4.98 Å². The van der Waals surface area contributed by atoms with Gasteiger partial charge in [0.2, 0.25) is 0 Å². The number of hydrogen-bond donors (Lipinski definition) is 0. The number of pyridine rings is 1. The summed E-state index contributed by atoms with van der Waals surface area (Å²) in [4.78, 5) is 16.4. The summed E-state index contributed by atoms with van der Waals surface area (Å²) in [5.74, 6) is -0.871. The Hall–Kier alpha value is -2.75. The quantitative estimate of drug-likeness (QED) is 0.677. The maximum absolute atomic E-state index is 12.9. The second-order valence-corrected chi connectivity index (χ2v) is 5.02. The van der Waals surface area contributed by atoms with E-state index in [1.165, 1.54) is 24.3 Å². The average molecular weight is 295 g/mol. The van der Waals surface area contributed by atoms with Crippen LogP contribution in [0.15, 0.2) is 60.8 Å². The van der Waals surface area contributed by atoms with E-state index in [9.17, 15) is 9.18 Å². The molecule has 22 heavy (non-hydrogen) atoms. The molecule has 0 aliphatic carbocycles. The zero-order chi connectivity index (χ0) is 15.5. The van der Waals surface area contributed by atoms with Crippen molar-refractivity contribution in [2.45, 2.75) is 13.0 Å². The van der Waals surface area contributed by atoms with E-state index in [1.807, 2.05) is 30.3 Å². The molecule has 0 N–H and O–H groups in total. The van der Waals surface area contributed by atoms with Crippen molar-refractivity contribution in [3.05, 3.63) is 77.7 Å². The van der Waals surface area contributed by atoms with Crippen LogP contribution in [0.2, 0.25) is 0 Å². The highest BCUT2D eigenvalue weighted by molar-refractivity contribution is 5.89. The van der Waals surface area contributed by atoms with Crippen molar-refractivity contribution in [2.24, 2.45) is 0 Å². The molecule has 110 valence electrons. The number of nitrogens with zero attached hydrogens (tertiary/aromatic N) is 1.